The van der Waals surface area contributed by atoms with Gasteiger partial charge in [-0.05, 0) is 0 Å². The van der Waals surface area contributed by atoms with Gasteiger partial charge in [-0.25, -0.2) is 0 Å². The van der Waals surface area contributed by atoms with Crippen LogP contribution in [-0.4, -0.2) is 41.4 Å². The molecule has 7 heteroatoms. The van der Waals surface area contributed by atoms with E-state index < -0.39 is 8.33 Å². The normalized spacial score (nSPS) is 18.3. The van der Waals surface area contributed by atoms with Gasteiger partial charge >= 0.3 is 183 Å². The molecule has 2 heterocycles. The number of rotatable bonds is 5. The molecule has 5 rings (SSSR count). The molecule has 0 aliphatic carbocycles. The molecule has 0 amide bonds. The molecule has 31 heavy (non-hydrogen) atoms. The van der Waals surface area contributed by atoms with E-state index in [0.29, 0.717) is 29.5 Å². The molecule has 3 aromatic rings. The summed E-state index contributed by atoms with van der Waals surface area (Å²) in [6, 6.07) is 21.7. The number of nitrogens with one attached hydrogen (secondary N) is 1. The van der Waals surface area contributed by atoms with Gasteiger partial charge in [0.2, 0.25) is 0 Å². The Morgan fingerprint density at radius 2 is 1.13 bits per heavy atom. The van der Waals surface area contributed by atoms with E-state index in [4.69, 9.17) is 17.7 Å². The maximum absolute atomic E-state index is 6.71. The average molecular weight is 437 g/mol. The number of benzene rings is 3. The summed E-state index contributed by atoms with van der Waals surface area (Å²) >= 11 is 0. The maximum atomic E-state index is 6.71. The zero-order valence-electron chi connectivity index (χ0n) is 18.3. The summed E-state index contributed by atoms with van der Waals surface area (Å²) in [4.78, 5) is 3.42. The Labute approximate surface area is 183 Å². The van der Waals surface area contributed by atoms with Gasteiger partial charge in [-0.2, -0.15) is 0 Å². The number of para-hydroxylation sites is 4. The van der Waals surface area contributed by atoms with E-state index >= 15 is 0 Å². The summed E-state index contributed by atoms with van der Waals surface area (Å²) in [6.45, 7) is 1.49. The molecule has 0 bridgehead atoms. The van der Waals surface area contributed by atoms with Gasteiger partial charge < -0.3 is 0 Å². The molecule has 0 saturated heterocycles. The van der Waals surface area contributed by atoms with Crippen LogP contribution < -0.4 is 27.8 Å². The van der Waals surface area contributed by atoms with Gasteiger partial charge in [0, 0.05) is 0 Å². The summed E-state index contributed by atoms with van der Waals surface area (Å²) in [5.74, 6) is 2.58. The van der Waals surface area contributed by atoms with E-state index in [-0.39, 0.29) is 0 Å². The molecule has 1 N–H and O–H groups in total. The van der Waals surface area contributed by atoms with Gasteiger partial charge in [-0.3, -0.25) is 0 Å². The molecule has 6 nitrogen and oxygen atoms in total. The first kappa shape index (κ1) is 19.9. The van der Waals surface area contributed by atoms with E-state index in [1.54, 1.807) is 0 Å². The molecule has 0 fully saturated rings. The van der Waals surface area contributed by atoms with Crippen molar-refractivity contribution in [1.29, 1.82) is 0 Å². The average Bonchev–Trinajstić information content (AvgIpc) is 3.21. The van der Waals surface area contributed by atoms with Gasteiger partial charge in [0.25, 0.3) is 0 Å². The summed E-state index contributed by atoms with van der Waals surface area (Å²) in [5, 5.41) is 0.907. The third kappa shape index (κ3) is 3.17. The van der Waals surface area contributed by atoms with Crippen molar-refractivity contribution in [3.63, 3.8) is 0 Å². The first-order valence-electron chi connectivity index (χ1n) is 10.6. The Hall–Kier alpha value is -3.00. The van der Waals surface area contributed by atoms with Crippen molar-refractivity contribution in [2.24, 2.45) is 0 Å². The third-order valence-electron chi connectivity index (χ3n) is 5.52. The minimum absolute atomic E-state index is 0.645. The fourth-order valence-electron chi connectivity index (χ4n) is 4.50. The SMILES string of the molecule is CN(C)Cc1cccc(C[NH+](C)C)c1[Si-]12(Oc3ccccc3O1)Oc1ccccc1O2. The van der Waals surface area contributed by atoms with Gasteiger partial charge in [-0.1, -0.05) is 0 Å². The summed E-state index contributed by atoms with van der Waals surface area (Å²) in [5.41, 5.74) is 2.19. The molecule has 1 spiro atoms. The van der Waals surface area contributed by atoms with E-state index in [2.05, 4.69) is 51.3 Å². The van der Waals surface area contributed by atoms with Crippen molar-refractivity contribution < 1.29 is 22.6 Å². The van der Waals surface area contributed by atoms with Crippen LogP contribution in [0, 0.1) is 0 Å². The Balaban J connectivity index is 1.79. The number of fused-ring (bicyclic) bond motifs is 2. The minimum atomic E-state index is -4.62. The van der Waals surface area contributed by atoms with Crippen LogP contribution in [0.3, 0.4) is 0 Å². The van der Waals surface area contributed by atoms with Crippen LogP contribution in [0.1, 0.15) is 11.1 Å². The van der Waals surface area contributed by atoms with Gasteiger partial charge in [0.05, 0.1) is 0 Å². The van der Waals surface area contributed by atoms with Gasteiger partial charge in [-0.15, -0.1) is 0 Å². The Morgan fingerprint density at radius 1 is 0.677 bits per heavy atom. The van der Waals surface area contributed by atoms with Crippen LogP contribution in [0.15, 0.2) is 66.7 Å². The summed E-state index contributed by atoms with van der Waals surface area (Å²) < 4.78 is 26.9. The summed E-state index contributed by atoms with van der Waals surface area (Å²) in [6.07, 6.45) is 0. The van der Waals surface area contributed by atoms with Crippen molar-refractivity contribution in [2.75, 3.05) is 28.2 Å². The molecule has 162 valence electrons. The third-order valence-corrected chi connectivity index (χ3v) is 9.26. The van der Waals surface area contributed by atoms with Crippen LogP contribution in [-0.2, 0) is 13.1 Å². The van der Waals surface area contributed by atoms with E-state index in [9.17, 15) is 0 Å². The Morgan fingerprint density at radius 3 is 1.55 bits per heavy atom. The first-order chi connectivity index (χ1) is 14.9. The van der Waals surface area contributed by atoms with Crippen LogP contribution in [0.25, 0.3) is 0 Å². The molecule has 3 aromatic carbocycles. The van der Waals surface area contributed by atoms with Gasteiger partial charge in [0.15, 0.2) is 0 Å². The Kier molecular flexibility index (Phi) is 4.51. The zero-order chi connectivity index (χ0) is 21.7. The number of hydrogen-bond acceptors (Lipinski definition) is 5. The number of quaternary nitrogens is 1. The molecule has 0 saturated carbocycles. The fourth-order valence-corrected chi connectivity index (χ4v) is 8.74. The molecule has 2 aliphatic rings. The van der Waals surface area contributed by atoms with E-state index in [1.807, 2.05) is 48.5 Å². The van der Waals surface area contributed by atoms with Crippen molar-refractivity contribution in [2.45, 2.75) is 13.1 Å². The molecule has 2 aliphatic heterocycles. The van der Waals surface area contributed by atoms with Gasteiger partial charge in [0.1, 0.15) is 0 Å². The van der Waals surface area contributed by atoms with E-state index in [0.717, 1.165) is 22.9 Å². The van der Waals surface area contributed by atoms with Crippen LogP contribution in [0.2, 0.25) is 0 Å². The second-order valence-corrected chi connectivity index (χ2v) is 11.9. The molecular weight excluding hydrogens is 408 g/mol. The molecule has 0 aromatic heterocycles. The van der Waals surface area contributed by atoms with Crippen LogP contribution >= 0.6 is 0 Å². The second kappa shape index (κ2) is 7.02. The van der Waals surface area contributed by atoms with Crippen LogP contribution in [0.4, 0.5) is 0 Å². The predicted molar refractivity (Wildman–Crippen MR) is 121 cm³/mol. The molecular formula is C24H28N2O4Si. The topological polar surface area (TPSA) is 44.6 Å². The molecule has 0 radical (unpaired) electrons. The van der Waals surface area contributed by atoms with Crippen LogP contribution in [0.5, 0.6) is 23.0 Å². The monoisotopic (exact) mass is 436 g/mol. The Bertz CT molecular complexity index is 1010. The predicted octanol–water partition coefficient (Wildman–Crippen LogP) is 1.93. The van der Waals surface area contributed by atoms with E-state index in [1.165, 1.54) is 4.90 Å². The zero-order valence-corrected chi connectivity index (χ0v) is 19.3. The van der Waals surface area contributed by atoms with Crippen molar-refractivity contribution >= 4 is 13.5 Å². The fraction of sp³-hybridized carbons (Fsp3) is 0.250. The molecule has 0 unspecified atom stereocenters. The van der Waals surface area contributed by atoms with Crippen molar-refractivity contribution in [3.8, 4) is 23.0 Å². The quantitative estimate of drug-likeness (QED) is 0.620. The number of nitrogens with zero attached hydrogens (tertiary/aromatic N) is 1. The molecule has 0 atom stereocenters. The standard InChI is InChI=1S/C24H27N2O4Si/c1-25(2)16-18-10-9-11-19(17-26(3)4)24(18)31(27-20-12-5-6-13-21(20)28-31)29-22-14-7-8-15-23(22)30-31/h5-15H,16-17H2,1-4H3/q-1/p+1. The van der Waals surface area contributed by atoms with Crippen molar-refractivity contribution in [3.05, 3.63) is 77.9 Å². The number of hydrogen-bond donors (Lipinski definition) is 1. The second-order valence-electron chi connectivity index (χ2n) is 8.78. The first-order valence-corrected chi connectivity index (χ1v) is 12.7. The van der Waals surface area contributed by atoms with Crippen molar-refractivity contribution in [1.82, 2.24) is 4.90 Å². The summed E-state index contributed by atoms with van der Waals surface area (Å²) in [7, 11) is 3.75.